The summed E-state index contributed by atoms with van der Waals surface area (Å²) in [5.41, 5.74) is 0.878. The van der Waals surface area contributed by atoms with Gasteiger partial charge in [0, 0.05) is 9.92 Å². The molecule has 1 rings (SSSR count). The van der Waals surface area contributed by atoms with Gasteiger partial charge in [-0.15, -0.1) is 12.6 Å². The molecular weight excluding hydrogens is 220 g/mol. The van der Waals surface area contributed by atoms with Crippen molar-refractivity contribution in [1.29, 1.82) is 0 Å². The van der Waals surface area contributed by atoms with Gasteiger partial charge >= 0.3 is 5.97 Å². The molecular formula is C10H11ClO2S. The van der Waals surface area contributed by atoms with Crippen LogP contribution in [0.4, 0.5) is 0 Å². The fraction of sp³-hybridized carbons (Fsp3) is 0.300. The van der Waals surface area contributed by atoms with E-state index < -0.39 is 5.97 Å². The lowest BCUT2D eigenvalue weighted by molar-refractivity contribution is -0.137. The second kappa shape index (κ2) is 4.71. The van der Waals surface area contributed by atoms with Crippen molar-refractivity contribution >= 4 is 30.2 Å². The minimum Gasteiger partial charge on any atom is -0.481 e. The summed E-state index contributed by atoms with van der Waals surface area (Å²) >= 11 is 10.1. The summed E-state index contributed by atoms with van der Waals surface area (Å²) in [6, 6.07) is 5.28. The van der Waals surface area contributed by atoms with Crippen molar-refractivity contribution in [2.24, 2.45) is 0 Å². The summed E-state index contributed by atoms with van der Waals surface area (Å²) in [4.78, 5) is 11.3. The van der Waals surface area contributed by atoms with Gasteiger partial charge in [0.2, 0.25) is 0 Å². The van der Waals surface area contributed by atoms with Crippen LogP contribution < -0.4 is 0 Å². The van der Waals surface area contributed by atoms with Crippen LogP contribution in [-0.4, -0.2) is 11.1 Å². The highest BCUT2D eigenvalue weighted by atomic mass is 35.5. The quantitative estimate of drug-likeness (QED) is 0.783. The minimum atomic E-state index is -0.815. The number of carboxylic acid groups (broad SMARTS) is 1. The molecule has 0 aliphatic heterocycles. The Hall–Kier alpha value is -0.670. The van der Waals surface area contributed by atoms with Crippen LogP contribution >= 0.6 is 24.2 Å². The van der Waals surface area contributed by atoms with Crippen LogP contribution in [0.25, 0.3) is 0 Å². The molecule has 0 bridgehead atoms. The monoisotopic (exact) mass is 230 g/mol. The zero-order valence-electron chi connectivity index (χ0n) is 7.70. The highest BCUT2D eigenvalue weighted by Crippen LogP contribution is 2.28. The molecule has 2 nitrogen and oxygen atoms in total. The molecule has 0 heterocycles. The predicted molar refractivity (Wildman–Crippen MR) is 59.4 cm³/mol. The molecule has 1 N–H and O–H groups in total. The third-order valence-corrected chi connectivity index (χ3v) is 2.64. The average Bonchev–Trinajstić information content (AvgIpc) is 2.08. The van der Waals surface area contributed by atoms with Crippen molar-refractivity contribution in [2.75, 3.05) is 0 Å². The molecule has 76 valence electrons. The molecule has 0 aliphatic carbocycles. The predicted octanol–water partition coefficient (Wildman–Crippen LogP) is 3.21. The lowest BCUT2D eigenvalue weighted by Crippen LogP contribution is -2.03. The van der Waals surface area contributed by atoms with Crippen LogP contribution in [-0.2, 0) is 4.79 Å². The molecule has 0 saturated heterocycles. The van der Waals surface area contributed by atoms with Crippen molar-refractivity contribution < 1.29 is 9.90 Å². The molecule has 0 amide bonds. The molecule has 4 heteroatoms. The van der Waals surface area contributed by atoms with Crippen molar-refractivity contribution in [1.82, 2.24) is 0 Å². The van der Waals surface area contributed by atoms with E-state index in [9.17, 15) is 4.79 Å². The smallest absolute Gasteiger partial charge is 0.303 e. The first kappa shape index (κ1) is 11.4. The molecule has 1 atom stereocenters. The summed E-state index contributed by atoms with van der Waals surface area (Å²) in [6.45, 7) is 1.85. The number of halogens is 1. The lowest BCUT2D eigenvalue weighted by atomic mass is 9.98. The maximum absolute atomic E-state index is 10.5. The Labute approximate surface area is 93.3 Å². The Morgan fingerprint density at radius 2 is 2.29 bits per heavy atom. The van der Waals surface area contributed by atoms with Crippen LogP contribution in [0.15, 0.2) is 23.1 Å². The molecule has 0 spiro atoms. The minimum absolute atomic E-state index is 0.0706. The topological polar surface area (TPSA) is 37.3 Å². The van der Waals surface area contributed by atoms with Crippen LogP contribution in [0.3, 0.4) is 0 Å². The first-order valence-electron chi connectivity index (χ1n) is 4.21. The van der Waals surface area contributed by atoms with Gasteiger partial charge < -0.3 is 5.11 Å². The fourth-order valence-electron chi connectivity index (χ4n) is 1.29. The first-order valence-corrected chi connectivity index (χ1v) is 5.03. The van der Waals surface area contributed by atoms with Crippen LogP contribution in [0.1, 0.15) is 24.8 Å². The summed E-state index contributed by atoms with van der Waals surface area (Å²) in [5, 5.41) is 9.25. The second-order valence-electron chi connectivity index (χ2n) is 3.20. The van der Waals surface area contributed by atoms with E-state index >= 15 is 0 Å². The number of hydrogen-bond donors (Lipinski definition) is 2. The molecule has 0 radical (unpaired) electrons. The Kier molecular flexibility index (Phi) is 3.84. The molecule has 1 aromatic carbocycles. The van der Waals surface area contributed by atoms with Crippen molar-refractivity contribution in [3.8, 4) is 0 Å². The van der Waals surface area contributed by atoms with E-state index in [0.717, 1.165) is 10.5 Å². The average molecular weight is 231 g/mol. The number of rotatable bonds is 3. The zero-order chi connectivity index (χ0) is 10.7. The van der Waals surface area contributed by atoms with Crippen molar-refractivity contribution in [3.63, 3.8) is 0 Å². The first-order chi connectivity index (χ1) is 6.50. The maximum Gasteiger partial charge on any atom is 0.303 e. The summed E-state index contributed by atoms with van der Waals surface area (Å²) in [7, 11) is 0. The summed E-state index contributed by atoms with van der Waals surface area (Å²) in [6.07, 6.45) is 0.0912. The van der Waals surface area contributed by atoms with Gasteiger partial charge in [0.1, 0.15) is 0 Å². The van der Waals surface area contributed by atoms with Gasteiger partial charge in [-0.05, 0) is 29.7 Å². The lowest BCUT2D eigenvalue weighted by Gasteiger charge is -2.11. The van der Waals surface area contributed by atoms with Gasteiger partial charge in [0.05, 0.1) is 6.42 Å². The Bertz CT molecular complexity index is 352. The van der Waals surface area contributed by atoms with E-state index in [1.807, 2.05) is 6.92 Å². The van der Waals surface area contributed by atoms with Gasteiger partial charge in [-0.1, -0.05) is 18.5 Å². The van der Waals surface area contributed by atoms with E-state index in [1.165, 1.54) is 0 Å². The third-order valence-electron chi connectivity index (χ3n) is 2.00. The third kappa shape index (κ3) is 2.93. The number of benzene rings is 1. The Morgan fingerprint density at radius 3 is 2.86 bits per heavy atom. The molecule has 0 saturated carbocycles. The fourth-order valence-corrected chi connectivity index (χ4v) is 1.83. The van der Waals surface area contributed by atoms with Crippen LogP contribution in [0, 0.1) is 0 Å². The Morgan fingerprint density at radius 1 is 1.64 bits per heavy atom. The summed E-state index contributed by atoms with van der Waals surface area (Å²) in [5.74, 6) is -0.885. The summed E-state index contributed by atoms with van der Waals surface area (Å²) < 4.78 is 0. The number of hydrogen-bond acceptors (Lipinski definition) is 2. The van der Waals surface area contributed by atoms with Crippen LogP contribution in [0.5, 0.6) is 0 Å². The number of thiol groups is 1. The molecule has 1 unspecified atom stereocenters. The zero-order valence-corrected chi connectivity index (χ0v) is 9.35. The highest BCUT2D eigenvalue weighted by molar-refractivity contribution is 7.80. The van der Waals surface area contributed by atoms with Crippen molar-refractivity contribution in [2.45, 2.75) is 24.2 Å². The van der Waals surface area contributed by atoms with Crippen LogP contribution in [0.2, 0.25) is 5.02 Å². The van der Waals surface area contributed by atoms with E-state index in [-0.39, 0.29) is 12.3 Å². The largest absolute Gasteiger partial charge is 0.481 e. The van der Waals surface area contributed by atoms with Gasteiger partial charge in [-0.25, -0.2) is 0 Å². The molecule has 1 aromatic rings. The maximum atomic E-state index is 10.5. The van der Waals surface area contributed by atoms with E-state index in [0.29, 0.717) is 5.02 Å². The number of carbonyl (C=O) groups is 1. The highest BCUT2D eigenvalue weighted by Gasteiger charge is 2.12. The molecule has 0 aromatic heterocycles. The van der Waals surface area contributed by atoms with Gasteiger partial charge in [0.25, 0.3) is 0 Å². The van der Waals surface area contributed by atoms with E-state index in [2.05, 4.69) is 12.6 Å². The SMILES string of the molecule is CC(CC(=O)O)c1cc(Cl)ccc1S. The molecule has 0 fully saturated rings. The molecule has 0 aliphatic rings. The van der Waals surface area contributed by atoms with E-state index in [4.69, 9.17) is 16.7 Å². The Balaban J connectivity index is 2.93. The van der Waals surface area contributed by atoms with Gasteiger partial charge in [-0.2, -0.15) is 0 Å². The van der Waals surface area contributed by atoms with E-state index in [1.54, 1.807) is 18.2 Å². The number of carboxylic acids is 1. The van der Waals surface area contributed by atoms with Gasteiger partial charge in [-0.3, -0.25) is 4.79 Å². The standard InChI is InChI=1S/C10H11ClO2S/c1-6(4-10(12)13)8-5-7(11)2-3-9(8)14/h2-3,5-6,14H,4H2,1H3,(H,12,13). The molecule has 14 heavy (non-hydrogen) atoms. The van der Waals surface area contributed by atoms with Crippen molar-refractivity contribution in [3.05, 3.63) is 28.8 Å². The normalized spacial score (nSPS) is 12.5. The van der Waals surface area contributed by atoms with Gasteiger partial charge in [0.15, 0.2) is 0 Å². The number of aliphatic carboxylic acids is 1. The second-order valence-corrected chi connectivity index (χ2v) is 4.12.